The van der Waals surface area contributed by atoms with Gasteiger partial charge in [-0.2, -0.15) is 0 Å². The first-order chi connectivity index (χ1) is 11.3. The molecule has 0 heterocycles. The molecule has 0 aliphatic rings. The fraction of sp³-hybridized carbons (Fsp3) is 0.455. The molecular weight excluding hydrogens is 328 g/mol. The topological polar surface area (TPSA) is 40.5 Å². The van der Waals surface area contributed by atoms with Gasteiger partial charge in [0.05, 0.1) is 9.79 Å². The summed E-state index contributed by atoms with van der Waals surface area (Å²) >= 11 is 1.45. The number of phenolic OH excluding ortho intramolecular Hbond substituents is 2. The Labute approximate surface area is 156 Å². The molecule has 2 aromatic rings. The van der Waals surface area contributed by atoms with Crippen LogP contribution in [-0.2, 0) is 10.8 Å². The first-order valence-electron chi connectivity index (χ1n) is 8.68. The molecule has 0 radical (unpaired) electrons. The predicted molar refractivity (Wildman–Crippen MR) is 107 cm³/mol. The molecule has 0 unspecified atom stereocenters. The summed E-state index contributed by atoms with van der Waals surface area (Å²) in [5.74, 6) is 0.519. The summed E-state index contributed by atoms with van der Waals surface area (Å²) in [5, 5.41) is 20.9. The van der Waals surface area contributed by atoms with Crippen molar-refractivity contribution < 1.29 is 10.2 Å². The molecule has 0 saturated heterocycles. The van der Waals surface area contributed by atoms with Crippen molar-refractivity contribution in [2.75, 3.05) is 0 Å². The van der Waals surface area contributed by atoms with Crippen LogP contribution in [0, 0.1) is 13.8 Å². The molecule has 25 heavy (non-hydrogen) atoms. The number of benzene rings is 2. The third-order valence-corrected chi connectivity index (χ3v) is 6.03. The number of hydrogen-bond acceptors (Lipinski definition) is 3. The van der Waals surface area contributed by atoms with Gasteiger partial charge in [0.1, 0.15) is 11.5 Å². The molecule has 0 amide bonds. The fourth-order valence-electron chi connectivity index (χ4n) is 3.34. The Kier molecular flexibility index (Phi) is 5.21. The van der Waals surface area contributed by atoms with Crippen LogP contribution in [0.15, 0.2) is 34.1 Å². The Bertz CT molecular complexity index is 726. The van der Waals surface area contributed by atoms with E-state index in [4.69, 9.17) is 0 Å². The highest BCUT2D eigenvalue weighted by Crippen LogP contribution is 2.46. The van der Waals surface area contributed by atoms with Gasteiger partial charge in [0.25, 0.3) is 0 Å². The average Bonchev–Trinajstić information content (AvgIpc) is 2.43. The van der Waals surface area contributed by atoms with Crippen LogP contribution >= 0.6 is 11.8 Å². The van der Waals surface area contributed by atoms with Crippen molar-refractivity contribution in [1.82, 2.24) is 0 Å². The van der Waals surface area contributed by atoms with E-state index in [-0.39, 0.29) is 22.3 Å². The second-order valence-electron chi connectivity index (χ2n) is 8.77. The van der Waals surface area contributed by atoms with Crippen molar-refractivity contribution >= 4 is 11.8 Å². The maximum Gasteiger partial charge on any atom is 0.129 e. The highest BCUT2D eigenvalue weighted by Gasteiger charge is 2.24. The van der Waals surface area contributed by atoms with E-state index < -0.39 is 0 Å². The second kappa shape index (κ2) is 6.60. The van der Waals surface area contributed by atoms with E-state index in [1.165, 1.54) is 22.9 Å². The largest absolute Gasteiger partial charge is 0.507 e. The highest BCUT2D eigenvalue weighted by atomic mass is 32.2. The third-order valence-electron chi connectivity index (χ3n) is 4.59. The summed E-state index contributed by atoms with van der Waals surface area (Å²) in [4.78, 5) is 1.63. The van der Waals surface area contributed by atoms with Crippen molar-refractivity contribution in [3.8, 4) is 11.5 Å². The lowest BCUT2D eigenvalue weighted by atomic mass is 9.84. The zero-order chi connectivity index (χ0) is 19.2. The van der Waals surface area contributed by atoms with Crippen molar-refractivity contribution in [3.63, 3.8) is 0 Å². The fourth-order valence-corrected chi connectivity index (χ4v) is 4.41. The molecule has 2 nitrogen and oxygen atoms in total. The molecule has 2 aromatic carbocycles. The van der Waals surface area contributed by atoms with Gasteiger partial charge < -0.3 is 10.2 Å². The summed E-state index contributed by atoms with van der Waals surface area (Å²) in [5.41, 5.74) is 4.54. The SMILES string of the molecule is Cc1c(C(C)(C)C)ccc(O)c1Sc1c(O)ccc(C(C)(C)C)c1C. The van der Waals surface area contributed by atoms with Crippen LogP contribution in [0.4, 0.5) is 0 Å². The maximum atomic E-state index is 10.5. The van der Waals surface area contributed by atoms with Gasteiger partial charge in [0.15, 0.2) is 0 Å². The monoisotopic (exact) mass is 358 g/mol. The van der Waals surface area contributed by atoms with Crippen molar-refractivity contribution in [3.05, 3.63) is 46.5 Å². The molecule has 0 aliphatic carbocycles. The minimum atomic E-state index is -0.00254. The molecular formula is C22H30O2S. The quantitative estimate of drug-likeness (QED) is 0.647. The minimum absolute atomic E-state index is 0.00254. The van der Waals surface area contributed by atoms with Gasteiger partial charge >= 0.3 is 0 Å². The summed E-state index contributed by atoms with van der Waals surface area (Å²) in [6.45, 7) is 17.1. The van der Waals surface area contributed by atoms with Gasteiger partial charge in [-0.1, -0.05) is 65.4 Å². The normalized spacial score (nSPS) is 12.5. The highest BCUT2D eigenvalue weighted by molar-refractivity contribution is 7.99. The van der Waals surface area contributed by atoms with Crippen molar-refractivity contribution in [2.45, 2.75) is 76.0 Å². The van der Waals surface area contributed by atoms with Gasteiger partial charge in [-0.15, -0.1) is 0 Å². The summed E-state index contributed by atoms with van der Waals surface area (Å²) in [7, 11) is 0. The molecule has 0 atom stereocenters. The Morgan fingerprint density at radius 1 is 0.640 bits per heavy atom. The summed E-state index contributed by atoms with van der Waals surface area (Å²) in [6, 6.07) is 7.51. The van der Waals surface area contributed by atoms with Crippen LogP contribution in [0.5, 0.6) is 11.5 Å². The van der Waals surface area contributed by atoms with Gasteiger partial charge in [-0.25, -0.2) is 0 Å². The molecule has 0 aliphatic heterocycles. The molecule has 0 bridgehead atoms. The molecule has 136 valence electrons. The lowest BCUT2D eigenvalue weighted by Gasteiger charge is -2.26. The van der Waals surface area contributed by atoms with Crippen LogP contribution in [-0.4, -0.2) is 10.2 Å². The Hall–Kier alpha value is -1.61. The molecule has 3 heteroatoms. The standard InChI is InChI=1S/C22H30O2S/c1-13-15(21(3,4)5)9-11-17(23)19(13)25-20-14(2)16(22(6,7)8)10-12-18(20)24/h9-12,23-24H,1-8H3. The van der Waals surface area contributed by atoms with Crippen LogP contribution < -0.4 is 0 Å². The van der Waals surface area contributed by atoms with Crippen LogP contribution in [0.3, 0.4) is 0 Å². The maximum absolute atomic E-state index is 10.5. The predicted octanol–water partition coefficient (Wildman–Crippen LogP) is 6.46. The van der Waals surface area contributed by atoms with E-state index in [9.17, 15) is 10.2 Å². The lowest BCUT2D eigenvalue weighted by molar-refractivity contribution is 0.456. The van der Waals surface area contributed by atoms with E-state index in [0.717, 1.165) is 20.9 Å². The van der Waals surface area contributed by atoms with Gasteiger partial charge in [0.2, 0.25) is 0 Å². The number of aromatic hydroxyl groups is 2. The Morgan fingerprint density at radius 2 is 0.960 bits per heavy atom. The third kappa shape index (κ3) is 3.98. The van der Waals surface area contributed by atoms with Crippen LogP contribution in [0.25, 0.3) is 0 Å². The first kappa shape index (κ1) is 19.7. The van der Waals surface area contributed by atoms with Gasteiger partial charge in [0, 0.05) is 0 Å². The van der Waals surface area contributed by atoms with E-state index in [1.807, 2.05) is 26.0 Å². The second-order valence-corrected chi connectivity index (χ2v) is 9.80. The zero-order valence-corrected chi connectivity index (χ0v) is 17.4. The summed E-state index contributed by atoms with van der Waals surface area (Å²) in [6.07, 6.45) is 0. The van der Waals surface area contributed by atoms with E-state index in [2.05, 4.69) is 41.5 Å². The molecule has 0 fully saturated rings. The lowest BCUT2D eigenvalue weighted by Crippen LogP contribution is -2.14. The van der Waals surface area contributed by atoms with E-state index in [1.54, 1.807) is 12.1 Å². The van der Waals surface area contributed by atoms with Crippen LogP contribution in [0.1, 0.15) is 63.8 Å². The number of rotatable bonds is 2. The molecule has 0 saturated carbocycles. The van der Waals surface area contributed by atoms with Crippen molar-refractivity contribution in [1.29, 1.82) is 0 Å². The smallest absolute Gasteiger partial charge is 0.129 e. The molecule has 2 N–H and O–H groups in total. The van der Waals surface area contributed by atoms with E-state index in [0.29, 0.717) is 0 Å². The van der Waals surface area contributed by atoms with Crippen molar-refractivity contribution in [2.24, 2.45) is 0 Å². The number of phenols is 2. The Balaban J connectivity index is 2.62. The van der Waals surface area contributed by atoms with E-state index >= 15 is 0 Å². The van der Waals surface area contributed by atoms with Gasteiger partial charge in [-0.3, -0.25) is 0 Å². The molecule has 2 rings (SSSR count). The first-order valence-corrected chi connectivity index (χ1v) is 9.49. The van der Waals surface area contributed by atoms with Crippen LogP contribution in [0.2, 0.25) is 0 Å². The zero-order valence-electron chi connectivity index (χ0n) is 16.6. The molecule has 0 aromatic heterocycles. The Morgan fingerprint density at radius 3 is 1.24 bits per heavy atom. The molecule has 0 spiro atoms. The van der Waals surface area contributed by atoms with Gasteiger partial charge in [-0.05, 0) is 59.1 Å². The minimum Gasteiger partial charge on any atom is -0.507 e. The number of hydrogen-bond donors (Lipinski definition) is 2. The average molecular weight is 359 g/mol. The summed E-state index contributed by atoms with van der Waals surface area (Å²) < 4.78 is 0.